The molecular formula is C15H22FNO2S. The van der Waals surface area contributed by atoms with Gasteiger partial charge in [-0.25, -0.2) is 4.39 Å². The van der Waals surface area contributed by atoms with Crippen molar-refractivity contribution in [2.75, 3.05) is 11.5 Å². The number of rotatable bonds is 8. The summed E-state index contributed by atoms with van der Waals surface area (Å²) >= 11 is 1.66. The molecule has 0 amide bonds. The molecule has 0 heterocycles. The molecule has 0 saturated carbocycles. The number of thioether (sulfide) groups is 1. The minimum absolute atomic E-state index is 0.171. The highest BCUT2D eigenvalue weighted by molar-refractivity contribution is 7.99. The van der Waals surface area contributed by atoms with Crippen molar-refractivity contribution < 1.29 is 14.3 Å². The fraction of sp³-hybridized carbons (Fsp3) is 0.533. The zero-order valence-corrected chi connectivity index (χ0v) is 12.8. The lowest BCUT2D eigenvalue weighted by Crippen LogP contribution is -2.30. The highest BCUT2D eigenvalue weighted by Gasteiger charge is 2.23. The second-order valence-corrected chi connectivity index (χ2v) is 6.68. The van der Waals surface area contributed by atoms with Gasteiger partial charge in [0.15, 0.2) is 0 Å². The molecule has 0 saturated heterocycles. The van der Waals surface area contributed by atoms with Crippen molar-refractivity contribution in [2.24, 2.45) is 5.73 Å². The lowest BCUT2D eigenvalue weighted by molar-refractivity contribution is -0.138. The van der Waals surface area contributed by atoms with Gasteiger partial charge in [-0.05, 0) is 41.4 Å². The summed E-state index contributed by atoms with van der Waals surface area (Å²) in [6, 6.07) is 6.05. The van der Waals surface area contributed by atoms with Crippen LogP contribution in [0.5, 0.6) is 0 Å². The molecular weight excluding hydrogens is 277 g/mol. The molecule has 0 fully saturated rings. The van der Waals surface area contributed by atoms with Crippen LogP contribution >= 0.6 is 11.8 Å². The maximum absolute atomic E-state index is 13.8. The standard InChI is InChI=1S/C15H22FNO2S/c1-15(2,11-5-3-4-6-12(11)16)8-10-20-9-7-13(17)14(18)19/h3-6,13H,7-10,17H2,1-2H3,(H,18,19). The van der Waals surface area contributed by atoms with Crippen LogP contribution in [0.15, 0.2) is 24.3 Å². The normalized spacial score (nSPS) is 13.2. The first-order valence-corrected chi connectivity index (χ1v) is 7.81. The number of carboxylic acid groups (broad SMARTS) is 1. The zero-order valence-electron chi connectivity index (χ0n) is 11.9. The van der Waals surface area contributed by atoms with E-state index in [0.29, 0.717) is 12.2 Å². The van der Waals surface area contributed by atoms with Gasteiger partial charge in [0.1, 0.15) is 11.9 Å². The average Bonchev–Trinajstić information content (AvgIpc) is 2.38. The predicted molar refractivity (Wildman–Crippen MR) is 81.6 cm³/mol. The topological polar surface area (TPSA) is 63.3 Å². The van der Waals surface area contributed by atoms with Crippen LogP contribution in [0.25, 0.3) is 0 Å². The minimum Gasteiger partial charge on any atom is -0.480 e. The number of halogens is 1. The van der Waals surface area contributed by atoms with Gasteiger partial charge in [-0.1, -0.05) is 32.0 Å². The van der Waals surface area contributed by atoms with E-state index in [9.17, 15) is 9.18 Å². The highest BCUT2D eigenvalue weighted by Crippen LogP contribution is 2.30. The van der Waals surface area contributed by atoms with Crippen LogP contribution in [0.4, 0.5) is 4.39 Å². The second-order valence-electron chi connectivity index (χ2n) is 5.46. The molecule has 20 heavy (non-hydrogen) atoms. The van der Waals surface area contributed by atoms with Crippen LogP contribution in [0.2, 0.25) is 0 Å². The van der Waals surface area contributed by atoms with E-state index in [2.05, 4.69) is 0 Å². The summed E-state index contributed by atoms with van der Waals surface area (Å²) in [6.45, 7) is 4.05. The van der Waals surface area contributed by atoms with Crippen molar-refractivity contribution in [3.8, 4) is 0 Å². The summed E-state index contributed by atoms with van der Waals surface area (Å²) in [5.74, 6) is 0.432. The first-order valence-electron chi connectivity index (χ1n) is 6.66. The Bertz CT molecular complexity index is 451. The predicted octanol–water partition coefficient (Wildman–Crippen LogP) is 3.03. The maximum Gasteiger partial charge on any atom is 0.320 e. The molecule has 1 unspecified atom stereocenters. The van der Waals surface area contributed by atoms with Gasteiger partial charge in [0.05, 0.1) is 0 Å². The number of carbonyl (C=O) groups is 1. The van der Waals surface area contributed by atoms with Gasteiger partial charge >= 0.3 is 5.97 Å². The molecule has 3 N–H and O–H groups in total. The Morgan fingerprint density at radius 2 is 2.05 bits per heavy atom. The monoisotopic (exact) mass is 299 g/mol. The number of hydrogen-bond acceptors (Lipinski definition) is 3. The van der Waals surface area contributed by atoms with Crippen LogP contribution in [0.1, 0.15) is 32.3 Å². The Kier molecular flexibility index (Phi) is 6.49. The van der Waals surface area contributed by atoms with E-state index in [1.54, 1.807) is 17.8 Å². The molecule has 0 radical (unpaired) electrons. The van der Waals surface area contributed by atoms with Gasteiger partial charge in [-0.2, -0.15) is 11.8 Å². The lowest BCUT2D eigenvalue weighted by atomic mass is 9.82. The summed E-state index contributed by atoms with van der Waals surface area (Å²) in [5.41, 5.74) is 5.93. The molecule has 3 nitrogen and oxygen atoms in total. The van der Waals surface area contributed by atoms with E-state index >= 15 is 0 Å². The van der Waals surface area contributed by atoms with Crippen molar-refractivity contribution in [1.29, 1.82) is 0 Å². The molecule has 5 heteroatoms. The SMILES string of the molecule is CC(C)(CCSCCC(N)C(=O)O)c1ccccc1F. The summed E-state index contributed by atoms with van der Waals surface area (Å²) in [5, 5.41) is 8.67. The van der Waals surface area contributed by atoms with Crippen LogP contribution in [-0.4, -0.2) is 28.6 Å². The minimum atomic E-state index is -0.961. The first kappa shape index (κ1) is 17.0. The number of carboxylic acids is 1. The van der Waals surface area contributed by atoms with E-state index < -0.39 is 12.0 Å². The van der Waals surface area contributed by atoms with Gasteiger partial charge in [-0.15, -0.1) is 0 Å². The fourth-order valence-corrected chi connectivity index (χ4v) is 3.19. The smallest absolute Gasteiger partial charge is 0.320 e. The van der Waals surface area contributed by atoms with E-state index in [-0.39, 0.29) is 11.2 Å². The molecule has 1 aromatic rings. The quantitative estimate of drug-likeness (QED) is 0.724. The van der Waals surface area contributed by atoms with Crippen LogP contribution in [0, 0.1) is 5.82 Å². The molecule has 0 spiro atoms. The van der Waals surface area contributed by atoms with Crippen molar-refractivity contribution in [1.82, 2.24) is 0 Å². The Hall–Kier alpha value is -1.07. The maximum atomic E-state index is 13.8. The molecule has 0 aromatic heterocycles. The van der Waals surface area contributed by atoms with Gasteiger partial charge in [-0.3, -0.25) is 4.79 Å². The van der Waals surface area contributed by atoms with Crippen molar-refractivity contribution in [3.05, 3.63) is 35.6 Å². The summed E-state index contributed by atoms with van der Waals surface area (Å²) in [6.07, 6.45) is 1.29. The van der Waals surface area contributed by atoms with Crippen molar-refractivity contribution >= 4 is 17.7 Å². The van der Waals surface area contributed by atoms with E-state index in [1.807, 2.05) is 26.0 Å². The van der Waals surface area contributed by atoms with E-state index in [1.165, 1.54) is 6.07 Å². The van der Waals surface area contributed by atoms with Crippen LogP contribution in [0.3, 0.4) is 0 Å². The van der Waals surface area contributed by atoms with Gasteiger partial charge in [0.25, 0.3) is 0 Å². The van der Waals surface area contributed by atoms with Crippen molar-refractivity contribution in [2.45, 2.75) is 38.1 Å². The summed E-state index contributed by atoms with van der Waals surface area (Å²) < 4.78 is 13.8. The van der Waals surface area contributed by atoms with E-state index in [4.69, 9.17) is 10.8 Å². The van der Waals surface area contributed by atoms with E-state index in [0.717, 1.165) is 17.7 Å². The average molecular weight is 299 g/mol. The summed E-state index contributed by atoms with van der Waals surface area (Å²) in [7, 11) is 0. The second kappa shape index (κ2) is 7.64. The largest absolute Gasteiger partial charge is 0.480 e. The molecule has 0 aliphatic carbocycles. The van der Waals surface area contributed by atoms with Crippen LogP contribution < -0.4 is 5.73 Å². The van der Waals surface area contributed by atoms with Crippen LogP contribution in [-0.2, 0) is 10.2 Å². The Balaban J connectivity index is 2.38. The Labute approximate surface area is 123 Å². The van der Waals surface area contributed by atoms with Gasteiger partial charge < -0.3 is 10.8 Å². The Morgan fingerprint density at radius 1 is 1.40 bits per heavy atom. The third kappa shape index (κ3) is 5.13. The highest BCUT2D eigenvalue weighted by atomic mass is 32.2. The third-order valence-electron chi connectivity index (χ3n) is 3.36. The molecule has 0 aliphatic heterocycles. The lowest BCUT2D eigenvalue weighted by Gasteiger charge is -2.25. The number of aliphatic carboxylic acids is 1. The molecule has 1 aromatic carbocycles. The van der Waals surface area contributed by atoms with Crippen molar-refractivity contribution in [3.63, 3.8) is 0 Å². The molecule has 0 aliphatic rings. The zero-order chi connectivity index (χ0) is 15.2. The molecule has 1 rings (SSSR count). The molecule has 1 atom stereocenters. The van der Waals surface area contributed by atoms with Gasteiger partial charge in [0, 0.05) is 0 Å². The van der Waals surface area contributed by atoms with Gasteiger partial charge in [0.2, 0.25) is 0 Å². The molecule has 112 valence electrons. The Morgan fingerprint density at radius 3 is 2.65 bits per heavy atom. The summed E-state index contributed by atoms with van der Waals surface area (Å²) in [4.78, 5) is 10.6. The third-order valence-corrected chi connectivity index (χ3v) is 4.38. The fourth-order valence-electron chi connectivity index (χ4n) is 1.91. The number of benzene rings is 1. The number of hydrogen-bond donors (Lipinski definition) is 2. The number of nitrogens with two attached hydrogens (primary N) is 1. The molecule has 0 bridgehead atoms. The first-order chi connectivity index (χ1) is 9.34.